The van der Waals surface area contributed by atoms with Crippen LogP contribution in [0.5, 0.6) is 0 Å². The molecule has 0 unspecified atom stereocenters. The van der Waals surface area contributed by atoms with Crippen LogP contribution in [-0.4, -0.2) is 14.3 Å². The maximum Gasteiger partial charge on any atom is 0.255 e. The van der Waals surface area contributed by atoms with Gasteiger partial charge in [-0.25, -0.2) is 13.6 Å². The molecule has 0 saturated heterocycles. The van der Waals surface area contributed by atoms with Gasteiger partial charge in [0.1, 0.15) is 0 Å². The molecule has 0 radical (unpaired) electrons. The van der Waals surface area contributed by atoms with E-state index in [4.69, 9.17) is 16.7 Å². The molecule has 0 spiro atoms. The molecule has 110 valence electrons. The van der Waals surface area contributed by atoms with Gasteiger partial charge in [0.05, 0.1) is 9.92 Å². The Morgan fingerprint density at radius 1 is 1.19 bits per heavy atom. The Morgan fingerprint density at radius 2 is 1.90 bits per heavy atom. The zero-order chi connectivity index (χ0) is 15.6. The number of anilines is 1. The highest BCUT2D eigenvalue weighted by Crippen LogP contribution is 2.24. The summed E-state index contributed by atoms with van der Waals surface area (Å²) in [5.41, 5.74) is 0.713. The molecule has 0 bridgehead atoms. The number of halogens is 2. The van der Waals surface area contributed by atoms with Gasteiger partial charge in [0.15, 0.2) is 0 Å². The summed E-state index contributed by atoms with van der Waals surface area (Å²) in [6, 6.07) is 10.4. The average Bonchev–Trinajstić information content (AvgIpc) is 2.41. The van der Waals surface area contributed by atoms with Crippen LogP contribution in [-0.2, 0) is 10.0 Å². The Labute approximate surface area is 135 Å². The number of benzene rings is 2. The van der Waals surface area contributed by atoms with Gasteiger partial charge in [0.2, 0.25) is 10.0 Å². The minimum Gasteiger partial charge on any atom is -0.322 e. The lowest BCUT2D eigenvalue weighted by Crippen LogP contribution is -2.14. The fourth-order valence-electron chi connectivity index (χ4n) is 1.59. The van der Waals surface area contributed by atoms with Crippen LogP contribution in [0.15, 0.2) is 51.8 Å². The fourth-order valence-corrected chi connectivity index (χ4v) is 2.65. The minimum atomic E-state index is -3.81. The van der Waals surface area contributed by atoms with E-state index in [1.165, 1.54) is 18.2 Å². The molecule has 0 aliphatic heterocycles. The van der Waals surface area contributed by atoms with Crippen molar-refractivity contribution in [3.8, 4) is 0 Å². The van der Waals surface area contributed by atoms with Crippen LogP contribution in [0.4, 0.5) is 5.69 Å². The molecule has 2 aromatic carbocycles. The van der Waals surface area contributed by atoms with Gasteiger partial charge >= 0.3 is 0 Å². The lowest BCUT2D eigenvalue weighted by atomic mass is 10.2. The first-order valence-corrected chi connectivity index (χ1v) is 8.38. The van der Waals surface area contributed by atoms with E-state index in [1.54, 1.807) is 24.3 Å². The number of rotatable bonds is 3. The highest BCUT2D eigenvalue weighted by Gasteiger charge is 2.11. The van der Waals surface area contributed by atoms with Crippen molar-refractivity contribution >= 4 is 49.1 Å². The normalized spacial score (nSPS) is 11.2. The molecule has 0 atom stereocenters. The molecule has 0 heterocycles. The van der Waals surface area contributed by atoms with E-state index in [-0.39, 0.29) is 10.8 Å². The predicted octanol–water partition coefficient (Wildman–Crippen LogP) is 3.00. The number of carbonyl (C=O) groups excluding carboxylic acids is 1. The van der Waals surface area contributed by atoms with Crippen molar-refractivity contribution in [1.29, 1.82) is 0 Å². The fraction of sp³-hybridized carbons (Fsp3) is 0. The summed E-state index contributed by atoms with van der Waals surface area (Å²) in [7, 11) is -3.81. The smallest absolute Gasteiger partial charge is 0.255 e. The van der Waals surface area contributed by atoms with E-state index < -0.39 is 10.0 Å². The Kier molecular flexibility index (Phi) is 4.67. The van der Waals surface area contributed by atoms with Gasteiger partial charge in [-0.15, -0.1) is 0 Å². The first-order chi connectivity index (χ1) is 9.77. The largest absolute Gasteiger partial charge is 0.322 e. The van der Waals surface area contributed by atoms with Crippen molar-refractivity contribution in [3.05, 3.63) is 57.5 Å². The molecule has 3 N–H and O–H groups in total. The van der Waals surface area contributed by atoms with Crippen molar-refractivity contribution in [1.82, 2.24) is 0 Å². The summed E-state index contributed by atoms with van der Waals surface area (Å²) in [6.07, 6.45) is 0. The maximum absolute atomic E-state index is 12.1. The molecule has 0 aliphatic rings. The van der Waals surface area contributed by atoms with E-state index in [0.717, 1.165) is 0 Å². The van der Waals surface area contributed by atoms with E-state index in [0.29, 0.717) is 20.7 Å². The minimum absolute atomic E-state index is 0.0717. The second-order valence-electron chi connectivity index (χ2n) is 4.16. The van der Waals surface area contributed by atoms with Crippen molar-refractivity contribution < 1.29 is 13.2 Å². The van der Waals surface area contributed by atoms with E-state index >= 15 is 0 Å². The summed E-state index contributed by atoms with van der Waals surface area (Å²) < 4.78 is 23.1. The molecule has 8 heteroatoms. The lowest BCUT2D eigenvalue weighted by Gasteiger charge is -2.07. The van der Waals surface area contributed by atoms with Crippen LogP contribution < -0.4 is 10.5 Å². The van der Waals surface area contributed by atoms with E-state index in [9.17, 15) is 13.2 Å². The zero-order valence-electron chi connectivity index (χ0n) is 10.5. The number of carbonyl (C=O) groups is 1. The monoisotopic (exact) mass is 388 g/mol. The van der Waals surface area contributed by atoms with Gasteiger partial charge in [-0.1, -0.05) is 17.7 Å². The predicted molar refractivity (Wildman–Crippen MR) is 84.9 cm³/mol. The molecule has 1 amide bonds. The standard InChI is InChI=1S/C13H10BrClN2O3S/c14-11-6-8(4-5-12(11)15)13(18)17-9-2-1-3-10(7-9)21(16,19)20/h1-7H,(H,17,18)(H2,16,19,20). The zero-order valence-corrected chi connectivity index (χ0v) is 13.7. The van der Waals surface area contributed by atoms with Crippen molar-refractivity contribution in [2.45, 2.75) is 4.90 Å². The van der Waals surface area contributed by atoms with Crippen LogP contribution in [0.1, 0.15) is 10.4 Å². The van der Waals surface area contributed by atoms with E-state index in [1.807, 2.05) is 0 Å². The summed E-state index contributed by atoms with van der Waals surface area (Å²) in [5, 5.41) is 8.13. The maximum atomic E-state index is 12.1. The van der Waals surface area contributed by atoms with Gasteiger partial charge in [-0.2, -0.15) is 0 Å². The quantitative estimate of drug-likeness (QED) is 0.845. The lowest BCUT2D eigenvalue weighted by molar-refractivity contribution is 0.102. The Morgan fingerprint density at radius 3 is 2.52 bits per heavy atom. The van der Waals surface area contributed by atoms with Gasteiger partial charge in [-0.05, 0) is 52.3 Å². The number of nitrogens with one attached hydrogen (secondary N) is 1. The molecular weight excluding hydrogens is 380 g/mol. The third kappa shape index (κ3) is 4.04. The summed E-state index contributed by atoms with van der Waals surface area (Å²) in [5.74, 6) is -0.390. The van der Waals surface area contributed by atoms with Crippen molar-refractivity contribution in [2.75, 3.05) is 5.32 Å². The molecule has 0 fully saturated rings. The summed E-state index contributed by atoms with van der Waals surface area (Å²) in [6.45, 7) is 0. The second kappa shape index (κ2) is 6.15. The molecule has 5 nitrogen and oxygen atoms in total. The molecule has 2 aromatic rings. The van der Waals surface area contributed by atoms with Crippen LogP contribution in [0.3, 0.4) is 0 Å². The summed E-state index contributed by atoms with van der Waals surface area (Å²) in [4.78, 5) is 12.0. The Hall–Kier alpha value is -1.41. The topological polar surface area (TPSA) is 89.3 Å². The van der Waals surface area contributed by atoms with Crippen LogP contribution in [0.25, 0.3) is 0 Å². The molecular formula is C13H10BrClN2O3S. The summed E-state index contributed by atoms with van der Waals surface area (Å²) >= 11 is 9.09. The highest BCUT2D eigenvalue weighted by atomic mass is 79.9. The number of hydrogen-bond donors (Lipinski definition) is 2. The second-order valence-corrected chi connectivity index (χ2v) is 6.98. The van der Waals surface area contributed by atoms with E-state index in [2.05, 4.69) is 21.2 Å². The number of hydrogen-bond acceptors (Lipinski definition) is 3. The van der Waals surface area contributed by atoms with Crippen LogP contribution >= 0.6 is 27.5 Å². The van der Waals surface area contributed by atoms with Crippen LogP contribution in [0.2, 0.25) is 5.02 Å². The first kappa shape index (κ1) is 16.0. The molecule has 2 rings (SSSR count). The number of primary sulfonamides is 1. The van der Waals surface area contributed by atoms with Gasteiger partial charge in [-0.3, -0.25) is 4.79 Å². The molecule has 0 aliphatic carbocycles. The van der Waals surface area contributed by atoms with Gasteiger partial charge in [0, 0.05) is 15.7 Å². The first-order valence-electron chi connectivity index (χ1n) is 5.66. The molecule has 0 saturated carbocycles. The average molecular weight is 390 g/mol. The molecule has 21 heavy (non-hydrogen) atoms. The third-order valence-corrected chi connectivity index (χ3v) is 4.73. The van der Waals surface area contributed by atoms with Crippen molar-refractivity contribution in [3.63, 3.8) is 0 Å². The Balaban J connectivity index is 2.25. The molecule has 0 aromatic heterocycles. The van der Waals surface area contributed by atoms with Gasteiger partial charge < -0.3 is 5.32 Å². The highest BCUT2D eigenvalue weighted by molar-refractivity contribution is 9.10. The van der Waals surface area contributed by atoms with Gasteiger partial charge in [0.25, 0.3) is 5.91 Å². The number of sulfonamides is 1. The SMILES string of the molecule is NS(=O)(=O)c1cccc(NC(=O)c2ccc(Cl)c(Br)c2)c1. The van der Waals surface area contributed by atoms with Crippen LogP contribution in [0, 0.1) is 0 Å². The van der Waals surface area contributed by atoms with Crippen molar-refractivity contribution in [2.24, 2.45) is 5.14 Å². The number of amides is 1. The Bertz CT molecular complexity index is 809. The third-order valence-electron chi connectivity index (χ3n) is 2.60. The number of nitrogens with two attached hydrogens (primary N) is 1.